The molecule has 0 spiro atoms. The molecule has 1 aliphatic carbocycles. The minimum atomic E-state index is -0.199. The van der Waals surface area contributed by atoms with Crippen LogP contribution in [-0.2, 0) is 13.5 Å². The molecule has 2 atom stereocenters. The van der Waals surface area contributed by atoms with E-state index in [1.54, 1.807) is 0 Å². The van der Waals surface area contributed by atoms with E-state index in [2.05, 4.69) is 17.3 Å². The Hall–Kier alpha value is -1.03. The average molecular weight is 209 g/mol. The van der Waals surface area contributed by atoms with Gasteiger partial charge in [0.15, 0.2) is 0 Å². The van der Waals surface area contributed by atoms with Gasteiger partial charge >= 0.3 is 0 Å². The Kier molecular flexibility index (Phi) is 2.95. The van der Waals surface area contributed by atoms with Crippen LogP contribution in [0.15, 0.2) is 6.20 Å². The third-order valence-electron chi connectivity index (χ3n) is 3.06. The third-order valence-corrected chi connectivity index (χ3v) is 3.06. The maximum absolute atomic E-state index is 9.73. The van der Waals surface area contributed by atoms with Crippen LogP contribution in [0.2, 0.25) is 0 Å². The standard InChI is InChI=1S/C11H19N3O/c1-3-8-10(7-14(2)13-8)12-9-5-4-6-11(9)15/h7,9,11-12,15H,3-6H2,1-2H3/t9-,11-/m1/s1. The minimum absolute atomic E-state index is 0.199. The molecule has 0 unspecified atom stereocenters. The number of aliphatic hydroxyl groups excluding tert-OH is 1. The van der Waals surface area contributed by atoms with Crippen LogP contribution in [0.3, 0.4) is 0 Å². The number of rotatable bonds is 3. The Labute approximate surface area is 90.3 Å². The smallest absolute Gasteiger partial charge is 0.0853 e. The van der Waals surface area contributed by atoms with E-state index in [1.165, 1.54) is 0 Å². The molecule has 0 amide bonds. The van der Waals surface area contributed by atoms with Gasteiger partial charge in [0.25, 0.3) is 0 Å². The highest BCUT2D eigenvalue weighted by Gasteiger charge is 2.25. The quantitative estimate of drug-likeness (QED) is 0.789. The highest BCUT2D eigenvalue weighted by atomic mass is 16.3. The van der Waals surface area contributed by atoms with Gasteiger partial charge in [0, 0.05) is 13.2 Å². The molecule has 84 valence electrons. The lowest BCUT2D eigenvalue weighted by molar-refractivity contribution is 0.172. The molecule has 0 bridgehead atoms. The number of nitrogens with one attached hydrogen (secondary N) is 1. The van der Waals surface area contributed by atoms with Crippen LogP contribution in [0.4, 0.5) is 5.69 Å². The minimum Gasteiger partial charge on any atom is -0.391 e. The molecule has 1 aromatic rings. The lowest BCUT2D eigenvalue weighted by atomic mass is 10.2. The zero-order chi connectivity index (χ0) is 10.8. The fourth-order valence-corrected chi connectivity index (χ4v) is 2.22. The topological polar surface area (TPSA) is 50.1 Å². The van der Waals surface area contributed by atoms with Crippen LogP contribution in [0.5, 0.6) is 0 Å². The number of aromatic nitrogens is 2. The van der Waals surface area contributed by atoms with E-state index in [4.69, 9.17) is 0 Å². The zero-order valence-corrected chi connectivity index (χ0v) is 9.40. The fourth-order valence-electron chi connectivity index (χ4n) is 2.22. The van der Waals surface area contributed by atoms with Gasteiger partial charge in [0.1, 0.15) is 0 Å². The van der Waals surface area contributed by atoms with Crippen molar-refractivity contribution in [1.29, 1.82) is 0 Å². The Morgan fingerprint density at radius 3 is 3.00 bits per heavy atom. The normalized spacial score (nSPS) is 25.8. The number of aryl methyl sites for hydroxylation is 2. The van der Waals surface area contributed by atoms with E-state index in [0.717, 1.165) is 37.1 Å². The van der Waals surface area contributed by atoms with E-state index in [-0.39, 0.29) is 12.1 Å². The first-order chi connectivity index (χ1) is 7.20. The molecule has 2 N–H and O–H groups in total. The Morgan fingerprint density at radius 2 is 2.40 bits per heavy atom. The number of aliphatic hydroxyl groups is 1. The molecular formula is C11H19N3O. The van der Waals surface area contributed by atoms with Crippen LogP contribution in [0, 0.1) is 0 Å². The maximum atomic E-state index is 9.73. The van der Waals surface area contributed by atoms with E-state index < -0.39 is 0 Å². The third kappa shape index (κ3) is 2.15. The van der Waals surface area contributed by atoms with Crippen molar-refractivity contribution in [1.82, 2.24) is 9.78 Å². The molecule has 1 aliphatic rings. The Morgan fingerprint density at radius 1 is 1.60 bits per heavy atom. The summed E-state index contributed by atoms with van der Waals surface area (Å²) in [4.78, 5) is 0. The van der Waals surface area contributed by atoms with Crippen LogP contribution in [0.25, 0.3) is 0 Å². The SMILES string of the molecule is CCc1nn(C)cc1N[C@@H]1CCC[C@H]1O. The van der Waals surface area contributed by atoms with Crippen molar-refractivity contribution < 1.29 is 5.11 Å². The molecule has 0 aliphatic heterocycles. The molecule has 1 aromatic heterocycles. The number of hydrogen-bond donors (Lipinski definition) is 2. The van der Waals surface area contributed by atoms with Gasteiger partial charge in [-0.15, -0.1) is 0 Å². The lowest BCUT2D eigenvalue weighted by Gasteiger charge is -2.17. The van der Waals surface area contributed by atoms with E-state index >= 15 is 0 Å². The number of nitrogens with zero attached hydrogens (tertiary/aromatic N) is 2. The van der Waals surface area contributed by atoms with Crippen LogP contribution in [-0.4, -0.2) is 27.0 Å². The highest BCUT2D eigenvalue weighted by Crippen LogP contribution is 2.24. The first-order valence-electron chi connectivity index (χ1n) is 5.68. The predicted octanol–water partition coefficient (Wildman–Crippen LogP) is 1.31. The first-order valence-corrected chi connectivity index (χ1v) is 5.68. The molecule has 0 aromatic carbocycles. The molecule has 1 heterocycles. The number of hydrogen-bond acceptors (Lipinski definition) is 3. The summed E-state index contributed by atoms with van der Waals surface area (Å²) in [5, 5.41) is 17.5. The van der Waals surface area contributed by atoms with Gasteiger partial charge in [-0.1, -0.05) is 6.92 Å². The summed E-state index contributed by atoms with van der Waals surface area (Å²) in [5.41, 5.74) is 2.16. The molecule has 1 saturated carbocycles. The fraction of sp³-hybridized carbons (Fsp3) is 0.727. The Balaban J connectivity index is 2.09. The van der Waals surface area contributed by atoms with Gasteiger partial charge in [-0.2, -0.15) is 5.10 Å². The van der Waals surface area contributed by atoms with Gasteiger partial charge in [-0.3, -0.25) is 4.68 Å². The van der Waals surface area contributed by atoms with Gasteiger partial charge in [0.2, 0.25) is 0 Å². The second-order valence-corrected chi connectivity index (χ2v) is 4.27. The molecule has 4 heteroatoms. The van der Waals surface area contributed by atoms with Crippen LogP contribution in [0.1, 0.15) is 31.9 Å². The second kappa shape index (κ2) is 4.23. The van der Waals surface area contributed by atoms with Crippen LogP contribution < -0.4 is 5.32 Å². The predicted molar refractivity (Wildman–Crippen MR) is 59.9 cm³/mol. The van der Waals surface area contributed by atoms with Crippen molar-refractivity contribution >= 4 is 5.69 Å². The summed E-state index contributed by atoms with van der Waals surface area (Å²) >= 11 is 0. The summed E-state index contributed by atoms with van der Waals surface area (Å²) < 4.78 is 1.82. The summed E-state index contributed by atoms with van der Waals surface area (Å²) in [6.07, 6.45) is 5.80. The summed E-state index contributed by atoms with van der Waals surface area (Å²) in [6.45, 7) is 2.10. The molecule has 4 nitrogen and oxygen atoms in total. The molecule has 0 saturated heterocycles. The highest BCUT2D eigenvalue weighted by molar-refractivity contribution is 5.47. The maximum Gasteiger partial charge on any atom is 0.0853 e. The van der Waals surface area contributed by atoms with E-state index in [1.807, 2.05) is 17.9 Å². The molecule has 0 radical (unpaired) electrons. The molecule has 1 fully saturated rings. The average Bonchev–Trinajstić information content (AvgIpc) is 2.75. The molecule has 2 rings (SSSR count). The van der Waals surface area contributed by atoms with Gasteiger partial charge in [-0.25, -0.2) is 0 Å². The van der Waals surface area contributed by atoms with Crippen molar-refractivity contribution in [3.63, 3.8) is 0 Å². The first kappa shape index (κ1) is 10.5. The van der Waals surface area contributed by atoms with Gasteiger partial charge < -0.3 is 10.4 Å². The second-order valence-electron chi connectivity index (χ2n) is 4.27. The van der Waals surface area contributed by atoms with Crippen molar-refractivity contribution in [2.75, 3.05) is 5.32 Å². The van der Waals surface area contributed by atoms with E-state index in [0.29, 0.717) is 0 Å². The largest absolute Gasteiger partial charge is 0.391 e. The van der Waals surface area contributed by atoms with Crippen LogP contribution >= 0.6 is 0 Å². The van der Waals surface area contributed by atoms with Gasteiger partial charge in [-0.05, 0) is 25.7 Å². The van der Waals surface area contributed by atoms with Crippen molar-refractivity contribution in [2.24, 2.45) is 7.05 Å². The molecule has 15 heavy (non-hydrogen) atoms. The summed E-state index contributed by atoms with van der Waals surface area (Å²) in [5.74, 6) is 0. The van der Waals surface area contributed by atoms with Crippen molar-refractivity contribution in [2.45, 2.75) is 44.8 Å². The molecular weight excluding hydrogens is 190 g/mol. The summed E-state index contributed by atoms with van der Waals surface area (Å²) in [6, 6.07) is 0.208. The zero-order valence-electron chi connectivity index (χ0n) is 9.40. The van der Waals surface area contributed by atoms with Gasteiger partial charge in [0.05, 0.1) is 23.5 Å². The Bertz CT molecular complexity index is 335. The summed E-state index contributed by atoms with van der Waals surface area (Å²) in [7, 11) is 1.93. The van der Waals surface area contributed by atoms with Crippen molar-refractivity contribution in [3.8, 4) is 0 Å². The van der Waals surface area contributed by atoms with E-state index in [9.17, 15) is 5.11 Å². The lowest BCUT2D eigenvalue weighted by Crippen LogP contribution is -2.28. The number of anilines is 1. The monoisotopic (exact) mass is 209 g/mol. The van der Waals surface area contributed by atoms with Crippen molar-refractivity contribution in [3.05, 3.63) is 11.9 Å².